The average molecular weight is 258 g/mol. The number of hydrogen-bond acceptors (Lipinski definition) is 1. The number of aliphatic hydroxyl groups is 1. The number of benzene rings is 1. The first-order valence-corrected chi connectivity index (χ1v) is 8.11. The van der Waals surface area contributed by atoms with Gasteiger partial charge in [-0.25, -0.2) is 0 Å². The Balaban J connectivity index is 1.69. The smallest absolute Gasteiger partial charge is 0.0795 e. The lowest BCUT2D eigenvalue weighted by Gasteiger charge is -2.30. The van der Waals surface area contributed by atoms with E-state index >= 15 is 0 Å². The van der Waals surface area contributed by atoms with Gasteiger partial charge in [0.05, 0.1) is 6.10 Å². The Hall–Kier alpha value is -0.820. The Kier molecular flexibility index (Phi) is 4.22. The fourth-order valence-electron chi connectivity index (χ4n) is 3.77. The van der Waals surface area contributed by atoms with Crippen molar-refractivity contribution < 1.29 is 5.11 Å². The minimum absolute atomic E-state index is 0.236. The van der Waals surface area contributed by atoms with Gasteiger partial charge in [-0.2, -0.15) is 0 Å². The van der Waals surface area contributed by atoms with Gasteiger partial charge in [0.15, 0.2) is 0 Å². The molecule has 2 aliphatic rings. The molecule has 1 aromatic rings. The van der Waals surface area contributed by atoms with Gasteiger partial charge in [0, 0.05) is 0 Å². The number of hydrogen-bond donors (Lipinski definition) is 1. The molecule has 3 rings (SSSR count). The Morgan fingerprint density at radius 1 is 0.947 bits per heavy atom. The third kappa shape index (κ3) is 3.02. The van der Waals surface area contributed by atoms with Gasteiger partial charge in [-0.15, -0.1) is 0 Å². The Labute approximate surface area is 117 Å². The third-order valence-corrected chi connectivity index (χ3v) is 5.18. The molecule has 1 N–H and O–H groups in total. The predicted molar refractivity (Wildman–Crippen MR) is 79.2 cm³/mol. The maximum absolute atomic E-state index is 10.6. The van der Waals surface area contributed by atoms with Crippen LogP contribution in [0.3, 0.4) is 0 Å². The summed E-state index contributed by atoms with van der Waals surface area (Å²) in [5, 5.41) is 10.6. The molecule has 0 amide bonds. The van der Waals surface area contributed by atoms with Crippen LogP contribution >= 0.6 is 0 Å². The number of aliphatic hydroxyl groups excluding tert-OH is 1. The van der Waals surface area contributed by atoms with Crippen molar-refractivity contribution in [1.82, 2.24) is 0 Å². The van der Waals surface area contributed by atoms with Gasteiger partial charge < -0.3 is 5.11 Å². The SMILES string of the molecule is OC(CC1CCCCC1)c1ccccc1C1CCC1. The topological polar surface area (TPSA) is 20.2 Å². The second-order valence-corrected chi connectivity index (χ2v) is 6.51. The standard InChI is InChI=1S/C18H26O/c19-18(13-14-7-2-1-3-8-14)17-12-5-4-11-16(17)15-9-6-10-15/h4-5,11-12,14-15,18-19H,1-3,6-10,13H2. The van der Waals surface area contributed by atoms with Crippen LogP contribution in [0.5, 0.6) is 0 Å². The normalized spacial score (nSPS) is 23.0. The average Bonchev–Trinajstić information content (AvgIpc) is 2.38. The molecule has 1 aromatic carbocycles. The fourth-order valence-corrected chi connectivity index (χ4v) is 3.77. The van der Waals surface area contributed by atoms with Crippen molar-refractivity contribution in [3.05, 3.63) is 35.4 Å². The summed E-state index contributed by atoms with van der Waals surface area (Å²) in [5.74, 6) is 1.47. The monoisotopic (exact) mass is 258 g/mol. The summed E-state index contributed by atoms with van der Waals surface area (Å²) >= 11 is 0. The van der Waals surface area contributed by atoms with Gasteiger partial charge >= 0.3 is 0 Å². The zero-order valence-corrected chi connectivity index (χ0v) is 11.9. The van der Waals surface area contributed by atoms with E-state index in [0.717, 1.165) is 18.3 Å². The summed E-state index contributed by atoms with van der Waals surface area (Å²) in [6.45, 7) is 0. The molecule has 104 valence electrons. The van der Waals surface area contributed by atoms with Crippen molar-refractivity contribution in [1.29, 1.82) is 0 Å². The Morgan fingerprint density at radius 3 is 2.37 bits per heavy atom. The molecule has 0 aromatic heterocycles. The first-order chi connectivity index (χ1) is 9.34. The van der Waals surface area contributed by atoms with Crippen LogP contribution in [0.25, 0.3) is 0 Å². The summed E-state index contributed by atoms with van der Waals surface area (Å²) in [6, 6.07) is 8.61. The molecule has 1 unspecified atom stereocenters. The van der Waals surface area contributed by atoms with Crippen molar-refractivity contribution in [2.24, 2.45) is 5.92 Å². The largest absolute Gasteiger partial charge is 0.388 e. The highest BCUT2D eigenvalue weighted by Crippen LogP contribution is 2.41. The van der Waals surface area contributed by atoms with Gasteiger partial charge in [-0.3, -0.25) is 0 Å². The molecule has 1 atom stereocenters. The van der Waals surface area contributed by atoms with Crippen molar-refractivity contribution in [2.75, 3.05) is 0 Å². The van der Waals surface area contributed by atoms with E-state index in [4.69, 9.17) is 0 Å². The molecule has 2 aliphatic carbocycles. The molecule has 19 heavy (non-hydrogen) atoms. The van der Waals surface area contributed by atoms with E-state index in [9.17, 15) is 5.11 Å². The molecule has 0 aliphatic heterocycles. The zero-order chi connectivity index (χ0) is 13.1. The predicted octanol–water partition coefficient (Wildman–Crippen LogP) is 4.96. The summed E-state index contributed by atoms with van der Waals surface area (Å²) in [6.07, 6.45) is 11.5. The summed E-state index contributed by atoms with van der Waals surface area (Å²) < 4.78 is 0. The van der Waals surface area contributed by atoms with E-state index in [1.807, 2.05) is 0 Å². The van der Waals surface area contributed by atoms with E-state index in [-0.39, 0.29) is 6.10 Å². The minimum Gasteiger partial charge on any atom is -0.388 e. The first-order valence-electron chi connectivity index (χ1n) is 8.11. The van der Waals surface area contributed by atoms with E-state index in [0.29, 0.717) is 0 Å². The second-order valence-electron chi connectivity index (χ2n) is 6.51. The zero-order valence-electron chi connectivity index (χ0n) is 11.9. The summed E-state index contributed by atoms with van der Waals surface area (Å²) in [7, 11) is 0. The van der Waals surface area contributed by atoms with Gasteiger partial charge in [-0.1, -0.05) is 62.8 Å². The van der Waals surface area contributed by atoms with E-state index in [1.165, 1.54) is 62.5 Å². The second kappa shape index (κ2) is 6.09. The molecule has 1 nitrogen and oxygen atoms in total. The lowest BCUT2D eigenvalue weighted by molar-refractivity contribution is 0.129. The maximum Gasteiger partial charge on any atom is 0.0795 e. The molecule has 0 saturated heterocycles. The molecular weight excluding hydrogens is 232 g/mol. The van der Waals surface area contributed by atoms with Crippen LogP contribution in [-0.2, 0) is 0 Å². The van der Waals surface area contributed by atoms with Crippen LogP contribution < -0.4 is 0 Å². The Morgan fingerprint density at radius 2 is 1.68 bits per heavy atom. The molecule has 2 fully saturated rings. The van der Waals surface area contributed by atoms with Gasteiger partial charge in [0.1, 0.15) is 0 Å². The van der Waals surface area contributed by atoms with Gasteiger partial charge in [0.2, 0.25) is 0 Å². The lowest BCUT2D eigenvalue weighted by atomic mass is 9.76. The first kappa shape index (κ1) is 13.2. The maximum atomic E-state index is 10.6. The highest BCUT2D eigenvalue weighted by atomic mass is 16.3. The number of rotatable bonds is 4. The molecule has 2 saturated carbocycles. The fraction of sp³-hybridized carbons (Fsp3) is 0.667. The highest BCUT2D eigenvalue weighted by Gasteiger charge is 2.25. The van der Waals surface area contributed by atoms with E-state index in [1.54, 1.807) is 0 Å². The summed E-state index contributed by atoms with van der Waals surface area (Å²) in [5.41, 5.74) is 2.65. The molecule has 1 heteroatoms. The van der Waals surface area contributed by atoms with Crippen LogP contribution in [-0.4, -0.2) is 5.11 Å². The van der Waals surface area contributed by atoms with Crippen molar-refractivity contribution in [3.8, 4) is 0 Å². The van der Waals surface area contributed by atoms with Gasteiger partial charge in [-0.05, 0) is 42.2 Å². The van der Waals surface area contributed by atoms with Crippen LogP contribution in [0.4, 0.5) is 0 Å². The quantitative estimate of drug-likeness (QED) is 0.809. The highest BCUT2D eigenvalue weighted by molar-refractivity contribution is 5.33. The van der Waals surface area contributed by atoms with Crippen LogP contribution in [0.1, 0.15) is 80.9 Å². The minimum atomic E-state index is -0.236. The van der Waals surface area contributed by atoms with E-state index in [2.05, 4.69) is 24.3 Å². The van der Waals surface area contributed by atoms with Crippen LogP contribution in [0, 0.1) is 5.92 Å². The molecular formula is C18H26O. The third-order valence-electron chi connectivity index (χ3n) is 5.18. The van der Waals surface area contributed by atoms with Crippen molar-refractivity contribution in [2.45, 2.75) is 69.8 Å². The van der Waals surface area contributed by atoms with Crippen molar-refractivity contribution >= 4 is 0 Å². The Bertz CT molecular complexity index is 402. The van der Waals surface area contributed by atoms with E-state index < -0.39 is 0 Å². The molecule has 0 bridgehead atoms. The van der Waals surface area contributed by atoms with Crippen LogP contribution in [0.15, 0.2) is 24.3 Å². The molecule has 0 spiro atoms. The van der Waals surface area contributed by atoms with Crippen molar-refractivity contribution in [3.63, 3.8) is 0 Å². The molecule has 0 radical (unpaired) electrons. The molecule has 0 heterocycles. The van der Waals surface area contributed by atoms with Crippen LogP contribution in [0.2, 0.25) is 0 Å². The summed E-state index contributed by atoms with van der Waals surface area (Å²) in [4.78, 5) is 0. The lowest BCUT2D eigenvalue weighted by Crippen LogP contribution is -2.16. The van der Waals surface area contributed by atoms with Gasteiger partial charge in [0.25, 0.3) is 0 Å².